The highest BCUT2D eigenvalue weighted by atomic mass is 16.6. The summed E-state index contributed by atoms with van der Waals surface area (Å²) in [7, 11) is 0. The first-order valence-corrected chi connectivity index (χ1v) is 8.16. The minimum Gasteiger partial charge on any atom is -0.444 e. The minimum absolute atomic E-state index is 0.453. The fraction of sp³-hybridized carbons (Fsp3) is 0.625. The first-order chi connectivity index (χ1) is 11.4. The summed E-state index contributed by atoms with van der Waals surface area (Å²) in [5.74, 6) is 1.00. The zero-order valence-electron chi connectivity index (χ0n) is 14.3. The summed E-state index contributed by atoms with van der Waals surface area (Å²) >= 11 is 0. The molecular formula is C16H23N5O3. The minimum atomic E-state index is -0.612. The van der Waals surface area contributed by atoms with Gasteiger partial charge in [-0.15, -0.1) is 0 Å². The van der Waals surface area contributed by atoms with E-state index in [1.807, 2.05) is 31.5 Å². The molecule has 8 heteroatoms. The molecule has 2 aromatic heterocycles. The number of amides is 1. The van der Waals surface area contributed by atoms with Gasteiger partial charge >= 0.3 is 6.09 Å². The number of imidazole rings is 1. The summed E-state index contributed by atoms with van der Waals surface area (Å²) in [5.41, 5.74) is -1.16. The van der Waals surface area contributed by atoms with E-state index in [4.69, 9.17) is 9.26 Å². The van der Waals surface area contributed by atoms with Crippen LogP contribution in [-0.2, 0) is 16.8 Å². The number of hydrogen-bond acceptors (Lipinski definition) is 6. The molecule has 3 rings (SSSR count). The van der Waals surface area contributed by atoms with Gasteiger partial charge in [0.25, 0.3) is 0 Å². The van der Waals surface area contributed by atoms with E-state index in [2.05, 4.69) is 20.4 Å². The Bertz CT molecular complexity index is 681. The van der Waals surface area contributed by atoms with Gasteiger partial charge in [0.1, 0.15) is 17.7 Å². The highest BCUT2D eigenvalue weighted by molar-refractivity contribution is 5.69. The molecule has 2 heterocycles. The van der Waals surface area contributed by atoms with E-state index in [9.17, 15) is 4.79 Å². The number of carbonyl (C=O) groups excluding carboxylic acids is 1. The van der Waals surface area contributed by atoms with Gasteiger partial charge in [0, 0.05) is 12.4 Å². The topological polar surface area (TPSA) is 95.1 Å². The number of rotatable bonds is 4. The molecule has 0 aliphatic heterocycles. The maximum absolute atomic E-state index is 12.2. The summed E-state index contributed by atoms with van der Waals surface area (Å²) < 4.78 is 12.6. The van der Waals surface area contributed by atoms with Gasteiger partial charge in [-0.1, -0.05) is 18.0 Å². The van der Waals surface area contributed by atoms with Gasteiger partial charge in [0.05, 0.1) is 6.33 Å². The van der Waals surface area contributed by atoms with Gasteiger partial charge in [0.2, 0.25) is 5.89 Å². The van der Waals surface area contributed by atoms with Crippen LogP contribution in [0.5, 0.6) is 0 Å². The maximum Gasteiger partial charge on any atom is 0.408 e. The number of alkyl carbamates (subject to hydrolysis) is 1. The van der Waals surface area contributed by atoms with Crippen molar-refractivity contribution in [1.29, 1.82) is 0 Å². The monoisotopic (exact) mass is 333 g/mol. The van der Waals surface area contributed by atoms with Gasteiger partial charge in [-0.3, -0.25) is 0 Å². The molecule has 0 spiro atoms. The second-order valence-electron chi connectivity index (χ2n) is 7.16. The fourth-order valence-electron chi connectivity index (χ4n) is 2.93. The second kappa shape index (κ2) is 6.26. The SMILES string of the molecule is CC(C)(C)OC(=O)NC1(c2noc(Cn3ccnc3)n2)CCCC1. The molecule has 1 aliphatic carbocycles. The normalized spacial score (nSPS) is 17.0. The fourth-order valence-corrected chi connectivity index (χ4v) is 2.93. The molecule has 130 valence electrons. The third-order valence-corrected chi connectivity index (χ3v) is 3.97. The van der Waals surface area contributed by atoms with Gasteiger partial charge in [-0.05, 0) is 33.6 Å². The van der Waals surface area contributed by atoms with Crippen LogP contribution in [0.4, 0.5) is 4.79 Å². The molecule has 24 heavy (non-hydrogen) atoms. The Kier molecular flexibility index (Phi) is 4.29. The van der Waals surface area contributed by atoms with E-state index in [-0.39, 0.29) is 0 Å². The Balaban J connectivity index is 1.75. The van der Waals surface area contributed by atoms with Crippen molar-refractivity contribution in [3.8, 4) is 0 Å². The number of nitrogens with one attached hydrogen (secondary N) is 1. The molecule has 8 nitrogen and oxygen atoms in total. The van der Waals surface area contributed by atoms with Crippen molar-refractivity contribution < 1.29 is 14.1 Å². The lowest BCUT2D eigenvalue weighted by atomic mass is 9.97. The number of aromatic nitrogens is 4. The molecule has 0 unspecified atom stereocenters. The van der Waals surface area contributed by atoms with E-state index in [1.54, 1.807) is 12.5 Å². The van der Waals surface area contributed by atoms with Crippen LogP contribution in [0.1, 0.15) is 58.2 Å². The van der Waals surface area contributed by atoms with Crippen LogP contribution in [0, 0.1) is 0 Å². The summed E-state index contributed by atoms with van der Waals surface area (Å²) in [4.78, 5) is 20.7. The lowest BCUT2D eigenvalue weighted by Gasteiger charge is -2.28. The van der Waals surface area contributed by atoms with Crippen molar-refractivity contribution in [3.63, 3.8) is 0 Å². The molecule has 1 fully saturated rings. The van der Waals surface area contributed by atoms with Crippen LogP contribution >= 0.6 is 0 Å². The van der Waals surface area contributed by atoms with Crippen molar-refractivity contribution in [2.24, 2.45) is 0 Å². The molecule has 1 N–H and O–H groups in total. The second-order valence-corrected chi connectivity index (χ2v) is 7.16. The smallest absolute Gasteiger partial charge is 0.408 e. The molecule has 1 aliphatic rings. The lowest BCUT2D eigenvalue weighted by Crippen LogP contribution is -2.46. The summed E-state index contributed by atoms with van der Waals surface area (Å²) in [6.45, 7) is 5.97. The van der Waals surface area contributed by atoms with Crippen LogP contribution in [0.15, 0.2) is 23.2 Å². The average molecular weight is 333 g/mol. The first kappa shape index (κ1) is 16.5. The molecule has 0 saturated heterocycles. The highest BCUT2D eigenvalue weighted by Gasteiger charge is 2.42. The van der Waals surface area contributed by atoms with E-state index >= 15 is 0 Å². The van der Waals surface area contributed by atoms with Crippen LogP contribution < -0.4 is 5.32 Å². The van der Waals surface area contributed by atoms with Crippen molar-refractivity contribution in [3.05, 3.63) is 30.4 Å². The first-order valence-electron chi connectivity index (χ1n) is 8.16. The third-order valence-electron chi connectivity index (χ3n) is 3.97. The predicted molar refractivity (Wildman–Crippen MR) is 85.1 cm³/mol. The quantitative estimate of drug-likeness (QED) is 0.924. The van der Waals surface area contributed by atoms with Crippen LogP contribution in [0.2, 0.25) is 0 Å². The number of ether oxygens (including phenoxy) is 1. The number of hydrogen-bond donors (Lipinski definition) is 1. The third kappa shape index (κ3) is 3.74. The van der Waals surface area contributed by atoms with Crippen molar-refractivity contribution >= 4 is 6.09 Å². The average Bonchev–Trinajstić information content (AvgIpc) is 3.18. The summed E-state index contributed by atoms with van der Waals surface area (Å²) in [6.07, 6.45) is 8.31. The lowest BCUT2D eigenvalue weighted by molar-refractivity contribution is 0.0446. The molecule has 0 bridgehead atoms. The van der Waals surface area contributed by atoms with E-state index in [1.165, 1.54) is 0 Å². The molecular weight excluding hydrogens is 310 g/mol. The molecule has 0 aromatic carbocycles. The Morgan fingerprint density at radius 1 is 1.42 bits per heavy atom. The Hall–Kier alpha value is -2.38. The maximum atomic E-state index is 12.2. The zero-order valence-corrected chi connectivity index (χ0v) is 14.3. The van der Waals surface area contributed by atoms with Crippen LogP contribution in [0.25, 0.3) is 0 Å². The van der Waals surface area contributed by atoms with Crippen LogP contribution in [-0.4, -0.2) is 31.4 Å². The van der Waals surface area contributed by atoms with E-state index < -0.39 is 17.2 Å². The predicted octanol–water partition coefficient (Wildman–Crippen LogP) is 2.61. The molecule has 1 saturated carbocycles. The van der Waals surface area contributed by atoms with Gasteiger partial charge in [-0.2, -0.15) is 4.98 Å². The zero-order chi connectivity index (χ0) is 17.2. The van der Waals surface area contributed by atoms with Crippen molar-refractivity contribution in [2.45, 2.75) is 64.1 Å². The van der Waals surface area contributed by atoms with Gasteiger partial charge in [-0.25, -0.2) is 9.78 Å². The largest absolute Gasteiger partial charge is 0.444 e. The highest BCUT2D eigenvalue weighted by Crippen LogP contribution is 2.37. The van der Waals surface area contributed by atoms with Crippen molar-refractivity contribution in [1.82, 2.24) is 25.0 Å². The number of nitrogens with zero attached hydrogens (tertiary/aromatic N) is 4. The molecule has 1 amide bonds. The van der Waals surface area contributed by atoms with E-state index in [0.717, 1.165) is 25.7 Å². The standard InChI is InChI=1S/C16H23N5O3/c1-15(2,3)23-14(22)19-16(6-4-5-7-16)13-18-12(24-20-13)10-21-9-8-17-11-21/h8-9,11H,4-7,10H2,1-3H3,(H,19,22). The molecule has 0 atom stereocenters. The van der Waals surface area contributed by atoms with Crippen molar-refractivity contribution in [2.75, 3.05) is 0 Å². The summed E-state index contributed by atoms with van der Waals surface area (Å²) in [5, 5.41) is 7.08. The van der Waals surface area contributed by atoms with Gasteiger partial charge in [0.15, 0.2) is 5.82 Å². The Morgan fingerprint density at radius 3 is 2.79 bits per heavy atom. The number of carbonyl (C=O) groups is 1. The Labute approximate surface area is 140 Å². The van der Waals surface area contributed by atoms with Crippen LogP contribution in [0.3, 0.4) is 0 Å². The van der Waals surface area contributed by atoms with E-state index in [0.29, 0.717) is 18.3 Å². The summed E-state index contributed by atoms with van der Waals surface area (Å²) in [6, 6.07) is 0. The molecule has 0 radical (unpaired) electrons. The molecule has 2 aromatic rings. The van der Waals surface area contributed by atoms with Gasteiger partial charge < -0.3 is 19.1 Å². The Morgan fingerprint density at radius 2 is 2.17 bits per heavy atom.